The number of fused-ring (bicyclic) bond motifs is 5. The standard InChI is InChI=1S/C26H23N2O.C22H22N.Ir/c1-16-14-28-23(12-18(16)13-26(2,3)4)22-7-5-6-20-21-9-8-17-15-27-11-10-19(17)24(21)29-25(20)22;1-22(2,3)16-17-9-11-18(12-10-17)20-13-14-23-21(15-20)19-7-5-4-6-8-19;/h5-6,8-12,14-15H,13H2,1-4H3;4-7,9-15H,16H2,1-3H3;/q2*-1;. The topological polar surface area (TPSA) is 51.8 Å². The fourth-order valence-corrected chi connectivity index (χ4v) is 6.76. The molecule has 0 fully saturated rings. The van der Waals surface area contributed by atoms with Crippen molar-refractivity contribution in [2.24, 2.45) is 10.8 Å². The Morgan fingerprint density at radius 1 is 0.623 bits per heavy atom. The molecule has 0 aliphatic heterocycles. The number of furan rings is 1. The Morgan fingerprint density at radius 2 is 1.40 bits per heavy atom. The molecule has 0 amide bonds. The van der Waals surface area contributed by atoms with E-state index in [1.54, 1.807) is 0 Å². The van der Waals surface area contributed by atoms with Crippen LogP contribution in [0.5, 0.6) is 0 Å². The Labute approximate surface area is 327 Å². The van der Waals surface area contributed by atoms with Gasteiger partial charge >= 0.3 is 0 Å². The van der Waals surface area contributed by atoms with E-state index in [0.29, 0.717) is 5.41 Å². The van der Waals surface area contributed by atoms with Gasteiger partial charge in [-0.1, -0.05) is 107 Å². The molecule has 8 rings (SSSR count). The molecule has 0 atom stereocenters. The maximum Gasteiger partial charge on any atom is 0.128 e. The molecule has 269 valence electrons. The molecule has 4 nitrogen and oxygen atoms in total. The minimum Gasteiger partial charge on any atom is -0.500 e. The van der Waals surface area contributed by atoms with Crippen LogP contribution in [0.25, 0.3) is 66.4 Å². The molecule has 1 radical (unpaired) electrons. The number of aryl methyl sites for hydroxylation is 1. The quantitative estimate of drug-likeness (QED) is 0.162. The molecule has 0 spiro atoms. The van der Waals surface area contributed by atoms with Crippen molar-refractivity contribution in [2.75, 3.05) is 0 Å². The Morgan fingerprint density at radius 3 is 2.13 bits per heavy atom. The molecule has 8 aromatic rings. The van der Waals surface area contributed by atoms with Crippen LogP contribution in [0.1, 0.15) is 58.2 Å². The summed E-state index contributed by atoms with van der Waals surface area (Å²) in [6.07, 6.45) is 9.61. The van der Waals surface area contributed by atoms with Gasteiger partial charge in [-0.05, 0) is 76.4 Å². The van der Waals surface area contributed by atoms with Crippen molar-refractivity contribution in [3.63, 3.8) is 0 Å². The van der Waals surface area contributed by atoms with Crippen LogP contribution in [0.4, 0.5) is 0 Å². The smallest absolute Gasteiger partial charge is 0.128 e. The van der Waals surface area contributed by atoms with Crippen LogP contribution in [0.3, 0.4) is 0 Å². The van der Waals surface area contributed by atoms with Crippen molar-refractivity contribution in [3.8, 4) is 33.6 Å². The van der Waals surface area contributed by atoms with E-state index in [0.717, 1.165) is 68.1 Å². The van der Waals surface area contributed by atoms with Gasteiger partial charge in [-0.3, -0.25) is 4.98 Å². The summed E-state index contributed by atoms with van der Waals surface area (Å²) in [4.78, 5) is 13.4. The van der Waals surface area contributed by atoms with Crippen molar-refractivity contribution in [3.05, 3.63) is 151 Å². The van der Waals surface area contributed by atoms with Crippen LogP contribution in [0.2, 0.25) is 0 Å². The fourth-order valence-electron chi connectivity index (χ4n) is 6.76. The molecule has 4 aromatic carbocycles. The van der Waals surface area contributed by atoms with Crippen LogP contribution in [-0.4, -0.2) is 15.0 Å². The summed E-state index contributed by atoms with van der Waals surface area (Å²) in [6.45, 7) is 15.7. The van der Waals surface area contributed by atoms with Gasteiger partial charge in [-0.2, -0.15) is 0 Å². The SMILES string of the molecule is CC(C)(C)Cc1ccc(-c2ccnc(-c3[c-]cccc3)c2)cc1.Cc1cnc(-c2[c-]ccc3c2oc2c4ccncc4ccc32)cc1CC(C)(C)C.[Ir]. The first-order valence-corrected chi connectivity index (χ1v) is 18.0. The number of aromatic nitrogens is 3. The molecule has 0 aliphatic rings. The molecule has 0 saturated carbocycles. The molecule has 0 saturated heterocycles. The molecular weight excluding hydrogens is 827 g/mol. The van der Waals surface area contributed by atoms with Crippen molar-refractivity contribution >= 4 is 32.7 Å². The van der Waals surface area contributed by atoms with Crippen molar-refractivity contribution in [2.45, 2.75) is 61.3 Å². The van der Waals surface area contributed by atoms with Crippen LogP contribution in [0.15, 0.2) is 126 Å². The predicted octanol–water partition coefficient (Wildman–Crippen LogP) is 12.7. The van der Waals surface area contributed by atoms with E-state index in [-0.39, 0.29) is 25.5 Å². The monoisotopic (exact) mass is 872 g/mol. The number of hydrogen-bond acceptors (Lipinski definition) is 4. The summed E-state index contributed by atoms with van der Waals surface area (Å²) < 4.78 is 6.42. The van der Waals surface area contributed by atoms with Gasteiger partial charge in [-0.15, -0.1) is 54.1 Å². The maximum atomic E-state index is 6.42. The second-order valence-electron chi connectivity index (χ2n) is 16.1. The number of benzene rings is 4. The zero-order valence-electron chi connectivity index (χ0n) is 31.5. The second kappa shape index (κ2) is 15.6. The molecule has 4 heterocycles. The van der Waals surface area contributed by atoms with Gasteiger partial charge < -0.3 is 14.4 Å². The third kappa shape index (κ3) is 8.82. The number of nitrogens with zero attached hydrogens (tertiary/aromatic N) is 3. The van der Waals surface area contributed by atoms with Gasteiger partial charge in [0.05, 0.1) is 5.58 Å². The molecule has 0 aliphatic carbocycles. The van der Waals surface area contributed by atoms with E-state index in [9.17, 15) is 0 Å². The van der Waals surface area contributed by atoms with Gasteiger partial charge in [-0.25, -0.2) is 0 Å². The van der Waals surface area contributed by atoms with Crippen LogP contribution in [0, 0.1) is 29.9 Å². The first-order chi connectivity index (χ1) is 24.9. The second-order valence-corrected chi connectivity index (χ2v) is 16.1. The van der Waals surface area contributed by atoms with Crippen molar-refractivity contribution in [1.82, 2.24) is 15.0 Å². The average Bonchev–Trinajstić information content (AvgIpc) is 3.52. The van der Waals surface area contributed by atoms with Crippen molar-refractivity contribution in [1.29, 1.82) is 0 Å². The Kier molecular flexibility index (Phi) is 11.1. The van der Waals surface area contributed by atoms with Gasteiger partial charge in [0.25, 0.3) is 0 Å². The largest absolute Gasteiger partial charge is 0.500 e. The van der Waals surface area contributed by atoms with E-state index >= 15 is 0 Å². The molecule has 4 aromatic heterocycles. The average molecular weight is 872 g/mol. The number of pyridine rings is 3. The van der Waals surface area contributed by atoms with E-state index in [2.05, 4.69) is 131 Å². The van der Waals surface area contributed by atoms with Gasteiger partial charge in [0, 0.05) is 61.1 Å². The summed E-state index contributed by atoms with van der Waals surface area (Å²) >= 11 is 0. The Balaban J connectivity index is 0.000000183. The van der Waals surface area contributed by atoms with Gasteiger partial charge in [0.15, 0.2) is 0 Å². The first-order valence-electron chi connectivity index (χ1n) is 18.0. The summed E-state index contributed by atoms with van der Waals surface area (Å²) in [7, 11) is 0. The molecular formula is C48H45IrN3O-2. The van der Waals surface area contributed by atoms with Gasteiger partial charge in [0.2, 0.25) is 0 Å². The molecule has 0 unspecified atom stereocenters. The van der Waals surface area contributed by atoms with E-state index < -0.39 is 0 Å². The summed E-state index contributed by atoms with van der Waals surface area (Å²) in [6, 6.07) is 40.1. The Bertz CT molecular complexity index is 2490. The third-order valence-electron chi connectivity index (χ3n) is 9.17. The van der Waals surface area contributed by atoms with Gasteiger partial charge in [0.1, 0.15) is 5.58 Å². The first kappa shape index (κ1) is 37.8. The third-order valence-corrected chi connectivity index (χ3v) is 9.17. The van der Waals surface area contributed by atoms with Crippen molar-refractivity contribution < 1.29 is 24.5 Å². The van der Waals surface area contributed by atoms with E-state index in [4.69, 9.17) is 9.40 Å². The Hall–Kier alpha value is -4.96. The predicted molar refractivity (Wildman–Crippen MR) is 216 cm³/mol. The van der Waals surface area contributed by atoms with E-state index in [1.807, 2.05) is 61.2 Å². The number of hydrogen-bond donors (Lipinski definition) is 0. The maximum absolute atomic E-state index is 6.42. The minimum absolute atomic E-state index is 0. The molecule has 0 bridgehead atoms. The molecule has 53 heavy (non-hydrogen) atoms. The molecule has 0 N–H and O–H groups in total. The minimum atomic E-state index is 0. The summed E-state index contributed by atoms with van der Waals surface area (Å²) in [5, 5.41) is 4.35. The number of rotatable bonds is 5. The fraction of sp³-hybridized carbons (Fsp3) is 0.229. The molecule has 5 heteroatoms. The zero-order valence-corrected chi connectivity index (χ0v) is 33.9. The van der Waals surface area contributed by atoms with Crippen LogP contribution in [-0.2, 0) is 32.9 Å². The van der Waals surface area contributed by atoms with Crippen LogP contribution < -0.4 is 0 Å². The normalized spacial score (nSPS) is 11.7. The summed E-state index contributed by atoms with van der Waals surface area (Å²) in [5.41, 5.74) is 12.4. The zero-order chi connectivity index (χ0) is 36.5. The van der Waals surface area contributed by atoms with E-state index in [1.165, 1.54) is 27.8 Å². The van der Waals surface area contributed by atoms with Crippen LogP contribution >= 0.6 is 0 Å². The summed E-state index contributed by atoms with van der Waals surface area (Å²) in [5.74, 6) is 0.